The molecule has 0 unspecified atom stereocenters. The number of carbonyl (C=O) groups is 5. The van der Waals surface area contributed by atoms with Gasteiger partial charge in [0.05, 0.1) is 6.54 Å². The van der Waals surface area contributed by atoms with E-state index in [1.165, 1.54) is 12.2 Å². The zero-order valence-electron chi connectivity index (χ0n) is 20.4. The van der Waals surface area contributed by atoms with Gasteiger partial charge in [0.15, 0.2) is 0 Å². The maximum atomic E-state index is 13.1. The first kappa shape index (κ1) is 27.7. The number of unbranched alkanes of at least 4 members (excludes halogenated alkanes) is 1. The van der Waals surface area contributed by atoms with Gasteiger partial charge in [-0.1, -0.05) is 30.3 Å². The molecule has 4 N–H and O–H groups in total. The smallest absolute Gasteiger partial charge is 0.329 e. The largest absolute Gasteiger partial charge is 0.458 e. The highest BCUT2D eigenvalue weighted by Crippen LogP contribution is 2.14. The molecule has 10 nitrogen and oxygen atoms in total. The van der Waals surface area contributed by atoms with Gasteiger partial charge in [-0.05, 0) is 45.6 Å². The molecule has 2 atom stereocenters. The van der Waals surface area contributed by atoms with E-state index in [9.17, 15) is 24.0 Å². The highest BCUT2D eigenvalue weighted by atomic mass is 16.6. The third-order valence-electron chi connectivity index (χ3n) is 5.15. The van der Waals surface area contributed by atoms with Crippen LogP contribution in [0, 0.1) is 0 Å². The molecule has 1 aliphatic rings. The second-order valence-electron chi connectivity index (χ2n) is 9.27. The lowest BCUT2D eigenvalue weighted by molar-refractivity contribution is -0.159. The van der Waals surface area contributed by atoms with Crippen molar-refractivity contribution < 1.29 is 28.7 Å². The molecule has 0 aromatic heterocycles. The zero-order valence-corrected chi connectivity index (χ0v) is 20.4. The Morgan fingerprint density at radius 3 is 2.17 bits per heavy atom. The summed E-state index contributed by atoms with van der Waals surface area (Å²) in [6.45, 7) is 5.10. The van der Waals surface area contributed by atoms with E-state index in [0.29, 0.717) is 12.8 Å². The quantitative estimate of drug-likeness (QED) is 0.222. The maximum Gasteiger partial charge on any atom is 0.329 e. The lowest BCUT2D eigenvalue weighted by atomic mass is 10.0. The summed E-state index contributed by atoms with van der Waals surface area (Å²) in [5.41, 5.74) is 5.47. The van der Waals surface area contributed by atoms with Gasteiger partial charge in [-0.15, -0.1) is 0 Å². The molecule has 2 rings (SSSR count). The minimum absolute atomic E-state index is 0.211. The summed E-state index contributed by atoms with van der Waals surface area (Å²) < 4.78 is 5.48. The Kier molecular flexibility index (Phi) is 10.1. The minimum atomic E-state index is -0.974. The van der Waals surface area contributed by atoms with Crippen LogP contribution < -0.4 is 16.4 Å². The van der Waals surface area contributed by atoms with Gasteiger partial charge < -0.3 is 21.1 Å². The zero-order chi connectivity index (χ0) is 26.0. The Morgan fingerprint density at radius 1 is 0.971 bits per heavy atom. The summed E-state index contributed by atoms with van der Waals surface area (Å²) >= 11 is 0. The second-order valence-corrected chi connectivity index (χ2v) is 9.27. The van der Waals surface area contributed by atoms with E-state index in [-0.39, 0.29) is 37.7 Å². The van der Waals surface area contributed by atoms with Crippen molar-refractivity contribution in [3.05, 3.63) is 48.0 Å². The van der Waals surface area contributed by atoms with E-state index in [4.69, 9.17) is 10.5 Å². The number of imide groups is 1. The van der Waals surface area contributed by atoms with Crippen LogP contribution in [0.3, 0.4) is 0 Å². The average molecular weight is 487 g/mol. The molecule has 1 aliphatic heterocycles. The van der Waals surface area contributed by atoms with Crippen molar-refractivity contribution in [2.45, 2.75) is 64.1 Å². The van der Waals surface area contributed by atoms with E-state index < -0.39 is 35.5 Å². The second kappa shape index (κ2) is 12.8. The number of hydrogen-bond acceptors (Lipinski definition) is 7. The lowest BCUT2D eigenvalue weighted by Crippen LogP contribution is -2.54. The van der Waals surface area contributed by atoms with Crippen molar-refractivity contribution in [1.29, 1.82) is 0 Å². The summed E-state index contributed by atoms with van der Waals surface area (Å²) in [6, 6.07) is 7.23. The average Bonchev–Trinajstić information content (AvgIpc) is 3.11. The first-order valence-electron chi connectivity index (χ1n) is 11.6. The van der Waals surface area contributed by atoms with Crippen molar-refractivity contribution in [3.8, 4) is 0 Å². The summed E-state index contributed by atoms with van der Waals surface area (Å²) in [7, 11) is 0. The first-order chi connectivity index (χ1) is 16.5. The number of amides is 4. The predicted octanol–water partition coefficient (Wildman–Crippen LogP) is 0.594. The fraction of sp³-hybridized carbons (Fsp3) is 0.480. The summed E-state index contributed by atoms with van der Waals surface area (Å²) in [4.78, 5) is 62.4. The number of hydrogen-bond donors (Lipinski definition) is 3. The molecule has 1 aromatic carbocycles. The van der Waals surface area contributed by atoms with E-state index in [1.54, 1.807) is 20.8 Å². The normalized spacial score (nSPS) is 15.0. The molecule has 0 fully saturated rings. The highest BCUT2D eigenvalue weighted by Gasteiger charge is 2.30. The van der Waals surface area contributed by atoms with E-state index in [0.717, 1.165) is 10.5 Å². The number of benzene rings is 1. The van der Waals surface area contributed by atoms with Gasteiger partial charge in [0.2, 0.25) is 11.8 Å². The Balaban J connectivity index is 2.06. The Bertz CT molecular complexity index is 936. The van der Waals surface area contributed by atoms with E-state index in [2.05, 4.69) is 10.6 Å². The molecule has 4 amide bonds. The maximum absolute atomic E-state index is 13.1. The van der Waals surface area contributed by atoms with Gasteiger partial charge in [-0.3, -0.25) is 24.1 Å². The molecular formula is C25H34N4O6. The molecular weight excluding hydrogens is 452 g/mol. The Hall–Kier alpha value is -3.53. The summed E-state index contributed by atoms with van der Waals surface area (Å²) in [5, 5.41) is 5.31. The summed E-state index contributed by atoms with van der Waals surface area (Å²) in [6.07, 6.45) is 3.77. The molecule has 0 bridgehead atoms. The molecule has 0 aliphatic carbocycles. The molecule has 0 spiro atoms. The Morgan fingerprint density at radius 2 is 1.60 bits per heavy atom. The number of carbonyl (C=O) groups excluding carboxylic acids is 5. The van der Waals surface area contributed by atoms with E-state index in [1.807, 2.05) is 30.3 Å². The third kappa shape index (κ3) is 9.32. The van der Waals surface area contributed by atoms with Crippen molar-refractivity contribution in [1.82, 2.24) is 15.5 Å². The van der Waals surface area contributed by atoms with Gasteiger partial charge in [-0.25, -0.2) is 4.79 Å². The van der Waals surface area contributed by atoms with Gasteiger partial charge in [0.25, 0.3) is 11.8 Å². The van der Waals surface area contributed by atoms with Crippen LogP contribution in [-0.2, 0) is 35.1 Å². The standard InChI is InChI=1S/C25H34N4O6/c1-25(2,3)35-24(34)18(11-7-8-14-29-21(31)12-13-22(29)32)28-23(33)19(27-20(30)16-26)15-17-9-5-4-6-10-17/h4-6,9-10,12-13,18-19H,7-8,11,14-16,26H2,1-3H3,(H,27,30)(H,28,33)/t18-,19-/m0/s1. The van der Waals surface area contributed by atoms with Gasteiger partial charge >= 0.3 is 5.97 Å². The van der Waals surface area contributed by atoms with Crippen molar-refractivity contribution in [2.75, 3.05) is 13.1 Å². The first-order valence-corrected chi connectivity index (χ1v) is 11.6. The predicted molar refractivity (Wildman–Crippen MR) is 129 cm³/mol. The third-order valence-corrected chi connectivity index (χ3v) is 5.15. The SMILES string of the molecule is CC(C)(C)OC(=O)[C@H](CCCCN1C(=O)C=CC1=O)NC(=O)[C@H](Cc1ccccc1)NC(=O)CN. The van der Waals surface area contributed by atoms with E-state index >= 15 is 0 Å². The number of nitrogens with zero attached hydrogens (tertiary/aromatic N) is 1. The molecule has 0 saturated heterocycles. The molecule has 0 radical (unpaired) electrons. The lowest BCUT2D eigenvalue weighted by Gasteiger charge is -2.26. The van der Waals surface area contributed by atoms with Gasteiger partial charge in [0, 0.05) is 25.1 Å². The van der Waals surface area contributed by atoms with Crippen molar-refractivity contribution in [2.24, 2.45) is 5.73 Å². The fourth-order valence-corrected chi connectivity index (χ4v) is 3.48. The molecule has 10 heteroatoms. The van der Waals surface area contributed by atoms with Crippen LogP contribution in [0.2, 0.25) is 0 Å². The van der Waals surface area contributed by atoms with Crippen LogP contribution >= 0.6 is 0 Å². The number of ether oxygens (including phenoxy) is 1. The minimum Gasteiger partial charge on any atom is -0.458 e. The molecule has 1 aromatic rings. The number of esters is 1. The molecule has 35 heavy (non-hydrogen) atoms. The van der Waals surface area contributed by atoms with Gasteiger partial charge in [-0.2, -0.15) is 0 Å². The Labute approximate surface area is 205 Å². The number of nitrogens with one attached hydrogen (secondary N) is 2. The summed E-state index contributed by atoms with van der Waals surface area (Å²) in [5.74, 6) is -2.38. The fourth-order valence-electron chi connectivity index (χ4n) is 3.48. The van der Waals surface area contributed by atoms with Crippen molar-refractivity contribution in [3.63, 3.8) is 0 Å². The number of rotatable bonds is 12. The monoisotopic (exact) mass is 486 g/mol. The molecule has 0 saturated carbocycles. The molecule has 1 heterocycles. The van der Waals surface area contributed by atoms with Gasteiger partial charge in [0.1, 0.15) is 17.7 Å². The number of nitrogens with two attached hydrogens (primary N) is 1. The van der Waals surface area contributed by atoms with Crippen LogP contribution in [0.25, 0.3) is 0 Å². The highest BCUT2D eigenvalue weighted by molar-refractivity contribution is 6.12. The van der Waals surface area contributed by atoms with Crippen LogP contribution in [0.15, 0.2) is 42.5 Å². The van der Waals surface area contributed by atoms with Crippen molar-refractivity contribution >= 4 is 29.6 Å². The topological polar surface area (TPSA) is 148 Å². The van der Waals surface area contributed by atoms with Crippen LogP contribution in [0.5, 0.6) is 0 Å². The molecule has 190 valence electrons. The van der Waals surface area contributed by atoms with Crippen LogP contribution in [-0.4, -0.2) is 65.3 Å². The van der Waals surface area contributed by atoms with Crippen LogP contribution in [0.4, 0.5) is 0 Å². The van der Waals surface area contributed by atoms with Crippen LogP contribution in [0.1, 0.15) is 45.6 Å².